The third-order valence-electron chi connectivity index (χ3n) is 4.65. The predicted octanol–water partition coefficient (Wildman–Crippen LogP) is 2.63. The molecular weight excluding hydrogens is 293 g/mol. The Hall–Kier alpha value is -1.56. The number of alkyl halides is 3. The van der Waals surface area contributed by atoms with Gasteiger partial charge in [0.1, 0.15) is 0 Å². The summed E-state index contributed by atoms with van der Waals surface area (Å²) in [7, 11) is 0. The van der Waals surface area contributed by atoms with Crippen molar-refractivity contribution in [3.8, 4) is 0 Å². The van der Waals surface area contributed by atoms with Gasteiger partial charge in [-0.25, -0.2) is 0 Å². The molecule has 0 spiro atoms. The number of carbonyl (C=O) groups is 1. The number of carbonyl (C=O) groups excluding carboxylic acids is 1. The minimum Gasteiger partial charge on any atom is -0.342 e. The summed E-state index contributed by atoms with van der Waals surface area (Å²) >= 11 is 0. The molecule has 1 N–H and O–H groups in total. The van der Waals surface area contributed by atoms with E-state index < -0.39 is 11.7 Å². The Morgan fingerprint density at radius 1 is 1.09 bits per heavy atom. The Kier molecular flexibility index (Phi) is 4.12. The first-order chi connectivity index (χ1) is 10.4. The van der Waals surface area contributed by atoms with Gasteiger partial charge in [0.25, 0.3) is 0 Å². The van der Waals surface area contributed by atoms with Gasteiger partial charge in [0.15, 0.2) is 0 Å². The Bertz CT molecular complexity index is 529. The molecule has 2 heterocycles. The molecule has 0 aliphatic carbocycles. The van der Waals surface area contributed by atoms with E-state index in [9.17, 15) is 18.0 Å². The molecular formula is C16H19F3N2O. The smallest absolute Gasteiger partial charge is 0.342 e. The van der Waals surface area contributed by atoms with Gasteiger partial charge >= 0.3 is 6.18 Å². The van der Waals surface area contributed by atoms with Gasteiger partial charge in [-0.05, 0) is 36.5 Å². The second kappa shape index (κ2) is 5.91. The van der Waals surface area contributed by atoms with Crippen LogP contribution in [0, 0.1) is 5.92 Å². The Morgan fingerprint density at radius 3 is 2.14 bits per heavy atom. The molecule has 2 saturated heterocycles. The minimum absolute atomic E-state index is 0.114. The maximum atomic E-state index is 12.6. The van der Waals surface area contributed by atoms with Crippen LogP contribution in [0.4, 0.5) is 13.2 Å². The van der Waals surface area contributed by atoms with Crippen LogP contribution in [-0.4, -0.2) is 37.0 Å². The largest absolute Gasteiger partial charge is 0.416 e. The van der Waals surface area contributed by atoms with Crippen molar-refractivity contribution in [2.75, 3.05) is 26.2 Å². The molecule has 0 radical (unpaired) electrons. The molecule has 2 aliphatic rings. The van der Waals surface area contributed by atoms with Crippen molar-refractivity contribution in [3.63, 3.8) is 0 Å². The average molecular weight is 312 g/mol. The van der Waals surface area contributed by atoms with Gasteiger partial charge in [-0.1, -0.05) is 12.1 Å². The first-order valence-corrected chi connectivity index (χ1v) is 7.62. The van der Waals surface area contributed by atoms with Crippen molar-refractivity contribution >= 4 is 5.91 Å². The molecule has 120 valence electrons. The molecule has 1 aromatic carbocycles. The average Bonchev–Trinajstić information content (AvgIpc) is 2.45. The summed E-state index contributed by atoms with van der Waals surface area (Å²) in [5.41, 5.74) is 0.326. The van der Waals surface area contributed by atoms with Crippen LogP contribution in [0.2, 0.25) is 0 Å². The van der Waals surface area contributed by atoms with E-state index in [1.54, 1.807) is 12.1 Å². The highest BCUT2D eigenvalue weighted by molar-refractivity contribution is 5.80. The fraction of sp³-hybridized carbons (Fsp3) is 0.562. The highest BCUT2D eigenvalue weighted by Crippen LogP contribution is 2.33. The van der Waals surface area contributed by atoms with Crippen LogP contribution in [0.1, 0.15) is 29.9 Å². The van der Waals surface area contributed by atoms with Crippen molar-refractivity contribution in [1.29, 1.82) is 0 Å². The Morgan fingerprint density at radius 2 is 1.68 bits per heavy atom. The fourth-order valence-corrected chi connectivity index (χ4v) is 3.10. The zero-order valence-corrected chi connectivity index (χ0v) is 12.2. The quantitative estimate of drug-likeness (QED) is 0.910. The van der Waals surface area contributed by atoms with Crippen molar-refractivity contribution in [1.82, 2.24) is 10.2 Å². The van der Waals surface area contributed by atoms with Crippen LogP contribution in [0.15, 0.2) is 24.3 Å². The maximum Gasteiger partial charge on any atom is 0.416 e. The first kappa shape index (κ1) is 15.3. The van der Waals surface area contributed by atoms with Gasteiger partial charge in [0.2, 0.25) is 5.91 Å². The van der Waals surface area contributed by atoms with E-state index in [0.717, 1.165) is 43.6 Å². The van der Waals surface area contributed by atoms with E-state index in [-0.39, 0.29) is 17.7 Å². The summed E-state index contributed by atoms with van der Waals surface area (Å²) in [6, 6.07) is 5.43. The first-order valence-electron chi connectivity index (χ1n) is 7.62. The molecule has 0 aromatic heterocycles. The van der Waals surface area contributed by atoms with Gasteiger partial charge in [-0.15, -0.1) is 0 Å². The standard InChI is InChI=1S/C16H19F3N2O/c17-16(18,19)14-3-1-11(2-4-14)12-5-7-21(8-6-12)15(22)13-9-20-10-13/h1-4,12-13,20H,5-10H2. The van der Waals surface area contributed by atoms with Gasteiger partial charge in [-0.3, -0.25) is 4.79 Å². The lowest BCUT2D eigenvalue weighted by Crippen LogP contribution is -2.53. The number of hydrogen-bond donors (Lipinski definition) is 1. The van der Waals surface area contributed by atoms with Gasteiger partial charge in [-0.2, -0.15) is 13.2 Å². The number of nitrogens with one attached hydrogen (secondary N) is 1. The molecule has 0 bridgehead atoms. The van der Waals surface area contributed by atoms with Crippen molar-refractivity contribution in [2.24, 2.45) is 5.92 Å². The highest BCUT2D eigenvalue weighted by Gasteiger charge is 2.33. The van der Waals surface area contributed by atoms with Gasteiger partial charge < -0.3 is 10.2 Å². The monoisotopic (exact) mass is 312 g/mol. The van der Waals surface area contributed by atoms with Crippen LogP contribution >= 0.6 is 0 Å². The van der Waals surface area contributed by atoms with E-state index >= 15 is 0 Å². The van der Waals surface area contributed by atoms with E-state index in [4.69, 9.17) is 0 Å². The van der Waals surface area contributed by atoms with Crippen LogP contribution < -0.4 is 5.32 Å². The zero-order chi connectivity index (χ0) is 15.7. The number of amides is 1. The summed E-state index contributed by atoms with van der Waals surface area (Å²) in [5, 5.41) is 3.09. The molecule has 2 fully saturated rings. The molecule has 0 saturated carbocycles. The third kappa shape index (κ3) is 3.11. The summed E-state index contributed by atoms with van der Waals surface area (Å²) < 4.78 is 37.7. The summed E-state index contributed by atoms with van der Waals surface area (Å²) in [6.45, 7) is 2.91. The second-order valence-corrected chi connectivity index (χ2v) is 6.07. The van der Waals surface area contributed by atoms with E-state index in [0.29, 0.717) is 13.1 Å². The minimum atomic E-state index is -4.29. The number of halogens is 3. The molecule has 1 amide bonds. The number of benzene rings is 1. The van der Waals surface area contributed by atoms with Crippen LogP contribution in [0.3, 0.4) is 0 Å². The number of rotatable bonds is 2. The lowest BCUT2D eigenvalue weighted by molar-refractivity contribution is -0.138. The molecule has 0 unspecified atom stereocenters. The molecule has 0 atom stereocenters. The maximum absolute atomic E-state index is 12.6. The zero-order valence-electron chi connectivity index (χ0n) is 12.2. The van der Waals surface area contributed by atoms with Gasteiger partial charge in [0.05, 0.1) is 11.5 Å². The number of likely N-dealkylation sites (tertiary alicyclic amines) is 1. The molecule has 3 nitrogen and oxygen atoms in total. The predicted molar refractivity (Wildman–Crippen MR) is 76.4 cm³/mol. The molecule has 3 rings (SSSR count). The topological polar surface area (TPSA) is 32.3 Å². The second-order valence-electron chi connectivity index (χ2n) is 6.07. The van der Waals surface area contributed by atoms with Crippen LogP contribution in [0.5, 0.6) is 0 Å². The van der Waals surface area contributed by atoms with Crippen molar-refractivity contribution in [3.05, 3.63) is 35.4 Å². The number of piperidine rings is 1. The normalized spacial score (nSPS) is 20.8. The fourth-order valence-electron chi connectivity index (χ4n) is 3.10. The lowest BCUT2D eigenvalue weighted by atomic mass is 9.88. The molecule has 22 heavy (non-hydrogen) atoms. The summed E-state index contributed by atoms with van der Waals surface area (Å²) in [5.74, 6) is 0.568. The van der Waals surface area contributed by atoms with E-state index in [2.05, 4.69) is 5.32 Å². The van der Waals surface area contributed by atoms with Crippen molar-refractivity contribution in [2.45, 2.75) is 24.9 Å². The summed E-state index contributed by atoms with van der Waals surface area (Å²) in [4.78, 5) is 14.0. The Labute approximate surface area is 127 Å². The number of hydrogen-bond acceptors (Lipinski definition) is 2. The van der Waals surface area contributed by atoms with Crippen molar-refractivity contribution < 1.29 is 18.0 Å². The van der Waals surface area contributed by atoms with Gasteiger partial charge in [0, 0.05) is 26.2 Å². The summed E-state index contributed by atoms with van der Waals surface area (Å²) in [6.07, 6.45) is -2.65. The van der Waals surface area contributed by atoms with E-state index in [1.807, 2.05) is 4.90 Å². The lowest BCUT2D eigenvalue weighted by Gasteiger charge is -2.37. The number of nitrogens with zero attached hydrogens (tertiary/aromatic N) is 1. The van der Waals surface area contributed by atoms with E-state index in [1.165, 1.54) is 0 Å². The van der Waals surface area contributed by atoms with Crippen LogP contribution in [0.25, 0.3) is 0 Å². The van der Waals surface area contributed by atoms with Crippen LogP contribution in [-0.2, 0) is 11.0 Å². The Balaban J connectivity index is 1.58. The molecule has 2 aliphatic heterocycles. The SMILES string of the molecule is O=C(C1CNC1)N1CCC(c2ccc(C(F)(F)F)cc2)CC1. The highest BCUT2D eigenvalue weighted by atomic mass is 19.4. The third-order valence-corrected chi connectivity index (χ3v) is 4.65. The molecule has 6 heteroatoms. The molecule has 1 aromatic rings.